The van der Waals surface area contributed by atoms with Crippen LogP contribution in [0.3, 0.4) is 0 Å². The van der Waals surface area contributed by atoms with E-state index in [-0.39, 0.29) is 5.56 Å². The molecule has 4 nitrogen and oxygen atoms in total. The second-order valence-electron chi connectivity index (χ2n) is 3.21. The van der Waals surface area contributed by atoms with Crippen molar-refractivity contribution in [2.75, 3.05) is 0 Å². The van der Waals surface area contributed by atoms with Crippen molar-refractivity contribution in [1.82, 2.24) is 9.97 Å². The zero-order chi connectivity index (χ0) is 10.1. The number of aryl methyl sites for hydroxylation is 1. The third kappa shape index (κ3) is 1.40. The third-order valence-corrected chi connectivity index (χ3v) is 2.12. The predicted octanol–water partition coefficient (Wildman–Crippen LogP) is 0.690. The summed E-state index contributed by atoms with van der Waals surface area (Å²) in [5, 5.41) is 0.596. The fourth-order valence-electron chi connectivity index (χ4n) is 1.43. The van der Waals surface area contributed by atoms with E-state index in [1.165, 1.54) is 0 Å². The number of fused-ring (bicyclic) bond motifs is 1. The molecule has 0 amide bonds. The first-order valence-electron chi connectivity index (χ1n) is 4.40. The molecule has 0 radical (unpaired) electrons. The number of hydrogen-bond acceptors (Lipinski definition) is 3. The van der Waals surface area contributed by atoms with E-state index in [1.807, 2.05) is 12.1 Å². The maximum Gasteiger partial charge on any atom is 0.258 e. The Balaban J connectivity index is 2.82. The zero-order valence-electron chi connectivity index (χ0n) is 7.87. The van der Waals surface area contributed by atoms with E-state index in [4.69, 9.17) is 5.73 Å². The third-order valence-electron chi connectivity index (χ3n) is 2.12. The van der Waals surface area contributed by atoms with Crippen molar-refractivity contribution < 1.29 is 0 Å². The fourth-order valence-corrected chi connectivity index (χ4v) is 1.43. The molecule has 1 aromatic heterocycles. The Morgan fingerprint density at radius 1 is 1.50 bits per heavy atom. The number of nitrogens with zero attached hydrogens (tertiary/aromatic N) is 1. The minimum Gasteiger partial charge on any atom is -0.326 e. The molecule has 0 spiro atoms. The lowest BCUT2D eigenvalue weighted by atomic mass is 10.1. The smallest absolute Gasteiger partial charge is 0.258 e. The molecule has 0 unspecified atom stereocenters. The highest BCUT2D eigenvalue weighted by Gasteiger charge is 2.01. The summed E-state index contributed by atoms with van der Waals surface area (Å²) in [7, 11) is 0. The zero-order valence-corrected chi connectivity index (χ0v) is 7.87. The minimum atomic E-state index is -0.109. The van der Waals surface area contributed by atoms with E-state index in [0.29, 0.717) is 23.3 Å². The molecule has 72 valence electrons. The number of hydrogen-bond donors (Lipinski definition) is 2. The van der Waals surface area contributed by atoms with Crippen molar-refractivity contribution in [3.05, 3.63) is 39.9 Å². The lowest BCUT2D eigenvalue weighted by Gasteiger charge is -2.00. The summed E-state index contributed by atoms with van der Waals surface area (Å²) in [4.78, 5) is 18.4. The van der Waals surface area contributed by atoms with Gasteiger partial charge in [-0.3, -0.25) is 4.79 Å². The molecule has 0 aliphatic heterocycles. The van der Waals surface area contributed by atoms with E-state index < -0.39 is 0 Å². The highest BCUT2D eigenvalue weighted by molar-refractivity contribution is 5.78. The van der Waals surface area contributed by atoms with E-state index in [0.717, 1.165) is 5.56 Å². The molecule has 0 saturated carbocycles. The molecule has 2 rings (SSSR count). The molecule has 2 aromatic rings. The minimum absolute atomic E-state index is 0.109. The molecule has 0 bridgehead atoms. The predicted molar refractivity (Wildman–Crippen MR) is 55.0 cm³/mol. The van der Waals surface area contributed by atoms with Crippen LogP contribution in [0, 0.1) is 6.92 Å². The Labute approximate surface area is 80.8 Å². The maximum absolute atomic E-state index is 11.5. The van der Waals surface area contributed by atoms with Crippen LogP contribution in [-0.4, -0.2) is 9.97 Å². The van der Waals surface area contributed by atoms with Crippen LogP contribution in [0.15, 0.2) is 23.0 Å². The molecule has 0 aliphatic carbocycles. The summed E-state index contributed by atoms with van der Waals surface area (Å²) in [5.41, 5.74) is 7.03. The summed E-state index contributed by atoms with van der Waals surface area (Å²) in [6.07, 6.45) is 0. The van der Waals surface area contributed by atoms with Gasteiger partial charge in [-0.15, -0.1) is 0 Å². The van der Waals surface area contributed by atoms with Gasteiger partial charge in [0.2, 0.25) is 0 Å². The number of H-pyrrole nitrogens is 1. The second-order valence-corrected chi connectivity index (χ2v) is 3.21. The molecular weight excluding hydrogens is 178 g/mol. The molecule has 0 atom stereocenters. The molecule has 1 heterocycles. The van der Waals surface area contributed by atoms with Gasteiger partial charge in [0.1, 0.15) is 5.82 Å². The molecule has 0 fully saturated rings. The molecule has 14 heavy (non-hydrogen) atoms. The van der Waals surface area contributed by atoms with Crippen LogP contribution in [0.2, 0.25) is 0 Å². The standard InChI is InChI=1S/C10H11N3O/c1-6-12-9-3-2-7(5-11)4-8(9)10(14)13-6/h2-4H,5,11H2,1H3,(H,12,13,14). The van der Waals surface area contributed by atoms with E-state index in [9.17, 15) is 4.79 Å². The fraction of sp³-hybridized carbons (Fsp3) is 0.200. The van der Waals surface area contributed by atoms with E-state index in [2.05, 4.69) is 9.97 Å². The molecule has 1 aromatic carbocycles. The Kier molecular flexibility index (Phi) is 2.05. The number of aromatic nitrogens is 2. The van der Waals surface area contributed by atoms with Gasteiger partial charge in [0.15, 0.2) is 0 Å². The van der Waals surface area contributed by atoms with E-state index >= 15 is 0 Å². The highest BCUT2D eigenvalue weighted by Crippen LogP contribution is 2.09. The largest absolute Gasteiger partial charge is 0.326 e. The summed E-state index contributed by atoms with van der Waals surface area (Å²) in [6.45, 7) is 2.20. The van der Waals surface area contributed by atoms with Crippen LogP contribution in [0.1, 0.15) is 11.4 Å². The van der Waals surface area contributed by atoms with Gasteiger partial charge in [-0.1, -0.05) is 6.07 Å². The van der Waals surface area contributed by atoms with Gasteiger partial charge in [0.05, 0.1) is 10.9 Å². The van der Waals surface area contributed by atoms with Gasteiger partial charge >= 0.3 is 0 Å². The van der Waals surface area contributed by atoms with Gasteiger partial charge in [-0.25, -0.2) is 4.98 Å². The number of nitrogens with two attached hydrogens (primary N) is 1. The van der Waals surface area contributed by atoms with Crippen LogP contribution in [0.5, 0.6) is 0 Å². The number of rotatable bonds is 1. The van der Waals surface area contributed by atoms with E-state index in [1.54, 1.807) is 13.0 Å². The van der Waals surface area contributed by atoms with Crippen molar-refractivity contribution in [3.8, 4) is 0 Å². The van der Waals surface area contributed by atoms with Gasteiger partial charge in [-0.05, 0) is 24.6 Å². The van der Waals surface area contributed by atoms with Crippen LogP contribution in [0.4, 0.5) is 0 Å². The lowest BCUT2D eigenvalue weighted by molar-refractivity contribution is 1.05. The Bertz CT molecular complexity index is 530. The Hall–Kier alpha value is -1.68. The molecule has 4 heteroatoms. The number of benzene rings is 1. The summed E-state index contributed by atoms with van der Waals surface area (Å²) in [6, 6.07) is 5.48. The van der Waals surface area contributed by atoms with Crippen LogP contribution < -0.4 is 11.3 Å². The van der Waals surface area contributed by atoms with Crippen LogP contribution in [-0.2, 0) is 6.54 Å². The topological polar surface area (TPSA) is 71.8 Å². The summed E-state index contributed by atoms with van der Waals surface area (Å²) < 4.78 is 0. The average molecular weight is 189 g/mol. The van der Waals surface area contributed by atoms with Crippen molar-refractivity contribution in [2.24, 2.45) is 5.73 Å². The number of nitrogens with one attached hydrogen (secondary N) is 1. The van der Waals surface area contributed by atoms with Crippen molar-refractivity contribution in [3.63, 3.8) is 0 Å². The Morgan fingerprint density at radius 3 is 3.00 bits per heavy atom. The van der Waals surface area contributed by atoms with Gasteiger partial charge in [-0.2, -0.15) is 0 Å². The van der Waals surface area contributed by atoms with Crippen LogP contribution in [0.25, 0.3) is 10.9 Å². The second kappa shape index (κ2) is 3.23. The summed E-state index contributed by atoms with van der Waals surface area (Å²) in [5.74, 6) is 0.628. The molecule has 0 aliphatic rings. The number of aromatic amines is 1. The molecular formula is C10H11N3O. The summed E-state index contributed by atoms with van der Waals surface area (Å²) >= 11 is 0. The van der Waals surface area contributed by atoms with Crippen LogP contribution >= 0.6 is 0 Å². The highest BCUT2D eigenvalue weighted by atomic mass is 16.1. The normalized spacial score (nSPS) is 10.7. The quantitative estimate of drug-likeness (QED) is 0.693. The average Bonchev–Trinajstić information content (AvgIpc) is 2.17. The van der Waals surface area contributed by atoms with Gasteiger partial charge in [0, 0.05) is 6.54 Å². The lowest BCUT2D eigenvalue weighted by Crippen LogP contribution is -2.10. The first-order chi connectivity index (χ1) is 6.70. The maximum atomic E-state index is 11.5. The molecule has 0 saturated heterocycles. The monoisotopic (exact) mass is 189 g/mol. The van der Waals surface area contributed by atoms with Gasteiger partial charge < -0.3 is 10.7 Å². The first kappa shape index (κ1) is 8.90. The van der Waals surface area contributed by atoms with Gasteiger partial charge in [0.25, 0.3) is 5.56 Å². The molecule has 3 N–H and O–H groups in total. The Morgan fingerprint density at radius 2 is 2.29 bits per heavy atom. The SMILES string of the molecule is Cc1nc2ccc(CN)cc2c(=O)[nH]1. The van der Waals surface area contributed by atoms with Crippen molar-refractivity contribution >= 4 is 10.9 Å². The first-order valence-corrected chi connectivity index (χ1v) is 4.40. The van der Waals surface area contributed by atoms with Crippen molar-refractivity contribution in [1.29, 1.82) is 0 Å². The van der Waals surface area contributed by atoms with Crippen molar-refractivity contribution in [2.45, 2.75) is 13.5 Å².